The quantitative estimate of drug-likeness (QED) is 0.748. The van der Waals surface area contributed by atoms with Gasteiger partial charge in [-0.05, 0) is 29.8 Å². The molecule has 6 nitrogen and oxygen atoms in total. The molecule has 2 aliphatic heterocycles. The fourth-order valence-electron chi connectivity index (χ4n) is 3.44. The summed E-state index contributed by atoms with van der Waals surface area (Å²) in [7, 11) is 0. The number of nitrogens with zero attached hydrogens (tertiary/aromatic N) is 2. The van der Waals surface area contributed by atoms with Gasteiger partial charge >= 0.3 is 0 Å². The summed E-state index contributed by atoms with van der Waals surface area (Å²) in [5.41, 5.74) is 1.05. The summed E-state index contributed by atoms with van der Waals surface area (Å²) in [4.78, 5) is 28.4. The molecule has 29 heavy (non-hydrogen) atoms. The van der Waals surface area contributed by atoms with Crippen molar-refractivity contribution in [1.29, 1.82) is 0 Å². The first-order valence-corrected chi connectivity index (χ1v) is 10.7. The summed E-state index contributed by atoms with van der Waals surface area (Å²) in [6.07, 6.45) is 0.413. The van der Waals surface area contributed by atoms with Gasteiger partial charge in [0.15, 0.2) is 0 Å². The lowest BCUT2D eigenvalue weighted by molar-refractivity contribution is -0.128. The molecule has 0 aromatic heterocycles. The van der Waals surface area contributed by atoms with Crippen LogP contribution in [0.3, 0.4) is 0 Å². The van der Waals surface area contributed by atoms with Gasteiger partial charge in [-0.3, -0.25) is 9.59 Å². The SMILES string of the molecule is O=C1CC(SC(=O)N2CCOCC2)CN1Cc1ccc(Oc2ccccc2)cc1. The van der Waals surface area contributed by atoms with E-state index in [1.807, 2.05) is 64.4 Å². The van der Waals surface area contributed by atoms with E-state index in [9.17, 15) is 9.59 Å². The van der Waals surface area contributed by atoms with Gasteiger partial charge in [0.25, 0.3) is 5.24 Å². The number of benzene rings is 2. The zero-order valence-electron chi connectivity index (χ0n) is 16.2. The topological polar surface area (TPSA) is 59.1 Å². The molecule has 0 radical (unpaired) electrons. The molecule has 0 bridgehead atoms. The minimum absolute atomic E-state index is 0.0125. The van der Waals surface area contributed by atoms with Crippen molar-refractivity contribution in [3.05, 3.63) is 60.2 Å². The van der Waals surface area contributed by atoms with E-state index in [4.69, 9.17) is 9.47 Å². The lowest BCUT2D eigenvalue weighted by atomic mass is 10.2. The van der Waals surface area contributed by atoms with Crippen molar-refractivity contribution < 1.29 is 19.1 Å². The Labute approximate surface area is 174 Å². The molecule has 2 fully saturated rings. The highest BCUT2D eigenvalue weighted by Gasteiger charge is 2.33. The number of likely N-dealkylation sites (tertiary alicyclic amines) is 1. The van der Waals surface area contributed by atoms with Gasteiger partial charge in [0.05, 0.1) is 13.2 Å². The predicted octanol–water partition coefficient (Wildman–Crippen LogP) is 3.77. The van der Waals surface area contributed by atoms with Crippen LogP contribution in [0.2, 0.25) is 0 Å². The Balaban J connectivity index is 1.29. The zero-order valence-corrected chi connectivity index (χ0v) is 17.0. The van der Waals surface area contributed by atoms with Gasteiger partial charge in [0.1, 0.15) is 11.5 Å². The van der Waals surface area contributed by atoms with Gasteiger partial charge in [-0.1, -0.05) is 42.1 Å². The van der Waals surface area contributed by atoms with Crippen LogP contribution in [0.5, 0.6) is 11.5 Å². The molecule has 0 aliphatic carbocycles. The van der Waals surface area contributed by atoms with Crippen LogP contribution in [0, 0.1) is 0 Å². The summed E-state index contributed by atoms with van der Waals surface area (Å²) in [5.74, 6) is 1.65. The largest absolute Gasteiger partial charge is 0.457 e. The molecule has 1 unspecified atom stereocenters. The summed E-state index contributed by atoms with van der Waals surface area (Å²) < 4.78 is 11.1. The molecule has 2 aliphatic rings. The summed E-state index contributed by atoms with van der Waals surface area (Å²) >= 11 is 1.28. The molecule has 7 heteroatoms. The number of thioether (sulfide) groups is 1. The van der Waals surface area contributed by atoms with Gasteiger partial charge in [-0.2, -0.15) is 0 Å². The van der Waals surface area contributed by atoms with Crippen molar-refractivity contribution in [3.63, 3.8) is 0 Å². The third-order valence-corrected chi connectivity index (χ3v) is 6.10. The fourth-order valence-corrected chi connectivity index (χ4v) is 4.54. The average Bonchev–Trinajstić information content (AvgIpc) is 3.09. The standard InChI is InChI=1S/C22H24N2O4S/c25-21-14-20(29-22(26)23-10-12-27-13-11-23)16-24(21)15-17-6-8-19(9-7-17)28-18-4-2-1-3-5-18/h1-9,20H,10-16H2. The highest BCUT2D eigenvalue weighted by Crippen LogP contribution is 2.28. The Morgan fingerprint density at radius 1 is 1.03 bits per heavy atom. The van der Waals surface area contributed by atoms with Gasteiger partial charge in [-0.15, -0.1) is 0 Å². The summed E-state index contributed by atoms with van der Waals surface area (Å²) in [5, 5.41) is 0.0638. The highest BCUT2D eigenvalue weighted by molar-refractivity contribution is 8.14. The van der Waals surface area contributed by atoms with Crippen LogP contribution in [0.15, 0.2) is 54.6 Å². The van der Waals surface area contributed by atoms with Crippen molar-refractivity contribution in [1.82, 2.24) is 9.80 Å². The van der Waals surface area contributed by atoms with Gasteiger partial charge in [0.2, 0.25) is 5.91 Å². The Kier molecular flexibility index (Phi) is 6.36. The number of rotatable bonds is 5. The molecule has 1 atom stereocenters. The van der Waals surface area contributed by atoms with Gasteiger partial charge < -0.3 is 19.3 Å². The fraction of sp³-hybridized carbons (Fsp3) is 0.364. The number of morpholine rings is 1. The molecular weight excluding hydrogens is 388 g/mol. The monoisotopic (exact) mass is 412 g/mol. The maximum Gasteiger partial charge on any atom is 0.282 e. The summed E-state index contributed by atoms with van der Waals surface area (Å²) in [6, 6.07) is 17.4. The zero-order chi connectivity index (χ0) is 20.1. The van der Waals surface area contributed by atoms with Crippen molar-refractivity contribution >= 4 is 22.9 Å². The van der Waals surface area contributed by atoms with Crippen LogP contribution in [0.1, 0.15) is 12.0 Å². The Morgan fingerprint density at radius 2 is 1.72 bits per heavy atom. The number of carbonyl (C=O) groups excluding carboxylic acids is 2. The molecule has 0 spiro atoms. The Hall–Kier alpha value is -2.51. The second-order valence-corrected chi connectivity index (χ2v) is 8.39. The van der Waals surface area contributed by atoms with Crippen molar-refractivity contribution in [2.45, 2.75) is 18.2 Å². The van der Waals surface area contributed by atoms with Crippen LogP contribution < -0.4 is 4.74 Å². The molecule has 2 heterocycles. The van der Waals surface area contributed by atoms with Gasteiger partial charge in [0, 0.05) is 37.8 Å². The van der Waals surface area contributed by atoms with Crippen molar-refractivity contribution in [2.75, 3.05) is 32.8 Å². The maximum absolute atomic E-state index is 12.4. The molecule has 152 valence electrons. The molecule has 0 saturated carbocycles. The van der Waals surface area contributed by atoms with E-state index < -0.39 is 0 Å². The molecule has 2 saturated heterocycles. The maximum atomic E-state index is 12.4. The molecule has 2 amide bonds. The number of amides is 2. The third-order valence-electron chi connectivity index (χ3n) is 4.99. The van der Waals surface area contributed by atoms with Crippen molar-refractivity contribution in [2.24, 2.45) is 0 Å². The van der Waals surface area contributed by atoms with Crippen LogP contribution in [0.4, 0.5) is 4.79 Å². The number of hydrogen-bond acceptors (Lipinski definition) is 5. The van der Waals surface area contributed by atoms with E-state index >= 15 is 0 Å². The lowest BCUT2D eigenvalue weighted by Gasteiger charge is -2.27. The minimum Gasteiger partial charge on any atom is -0.457 e. The van der Waals surface area contributed by atoms with E-state index in [1.165, 1.54) is 11.8 Å². The second-order valence-electron chi connectivity index (χ2n) is 7.14. The molecule has 0 N–H and O–H groups in total. The van der Waals surface area contributed by atoms with E-state index in [0.29, 0.717) is 45.8 Å². The smallest absolute Gasteiger partial charge is 0.282 e. The molecule has 2 aromatic rings. The highest BCUT2D eigenvalue weighted by atomic mass is 32.2. The minimum atomic E-state index is 0.0125. The number of para-hydroxylation sites is 1. The molecular formula is C22H24N2O4S. The van der Waals surface area contributed by atoms with E-state index in [2.05, 4.69) is 0 Å². The van der Waals surface area contributed by atoms with Crippen molar-refractivity contribution in [3.8, 4) is 11.5 Å². The lowest BCUT2D eigenvalue weighted by Crippen LogP contribution is -2.39. The molecule has 2 aromatic carbocycles. The number of ether oxygens (including phenoxy) is 2. The third kappa shape index (κ3) is 5.31. The Morgan fingerprint density at radius 3 is 2.45 bits per heavy atom. The van der Waals surface area contributed by atoms with Crippen LogP contribution in [0.25, 0.3) is 0 Å². The second kappa shape index (κ2) is 9.33. The number of hydrogen-bond donors (Lipinski definition) is 0. The van der Waals surface area contributed by atoms with E-state index in [-0.39, 0.29) is 16.4 Å². The van der Waals surface area contributed by atoms with Crippen LogP contribution in [-0.4, -0.2) is 59.0 Å². The van der Waals surface area contributed by atoms with Crippen LogP contribution >= 0.6 is 11.8 Å². The first-order chi connectivity index (χ1) is 14.2. The predicted molar refractivity (Wildman–Crippen MR) is 112 cm³/mol. The van der Waals surface area contributed by atoms with E-state index in [1.54, 1.807) is 0 Å². The summed E-state index contributed by atoms with van der Waals surface area (Å²) in [6.45, 7) is 3.59. The van der Waals surface area contributed by atoms with E-state index in [0.717, 1.165) is 17.1 Å². The van der Waals surface area contributed by atoms with Crippen LogP contribution in [-0.2, 0) is 16.1 Å². The average molecular weight is 413 g/mol. The normalized spacial score (nSPS) is 19.4. The Bertz CT molecular complexity index is 838. The first-order valence-electron chi connectivity index (χ1n) is 9.80. The number of carbonyl (C=O) groups is 2. The molecule has 4 rings (SSSR count). The van der Waals surface area contributed by atoms with Gasteiger partial charge in [-0.25, -0.2) is 0 Å². The first kappa shape index (κ1) is 19.8.